The molecule has 6 nitrogen and oxygen atoms in total. The Balaban J connectivity index is 1.41. The van der Waals surface area contributed by atoms with E-state index in [-0.39, 0.29) is 30.1 Å². The van der Waals surface area contributed by atoms with Gasteiger partial charge in [0.25, 0.3) is 5.91 Å². The van der Waals surface area contributed by atoms with Crippen molar-refractivity contribution in [2.75, 3.05) is 36.0 Å². The van der Waals surface area contributed by atoms with Gasteiger partial charge < -0.3 is 4.90 Å². The zero-order valence-electron chi connectivity index (χ0n) is 16.2. The van der Waals surface area contributed by atoms with Gasteiger partial charge in [-0.15, -0.1) is 0 Å². The fraction of sp³-hybridized carbons (Fsp3) is 0.318. The molecule has 0 saturated carbocycles. The number of anilines is 2. The minimum atomic E-state index is -0.385. The minimum Gasteiger partial charge on any atom is -0.369 e. The summed E-state index contributed by atoms with van der Waals surface area (Å²) in [6.07, 6.45) is 0.234. The molecule has 0 N–H and O–H groups in total. The zero-order valence-corrected chi connectivity index (χ0v) is 18.3. The van der Waals surface area contributed by atoms with E-state index < -0.39 is 0 Å². The maximum absolute atomic E-state index is 13.0. The number of carbonyl (C=O) groups excluding carboxylic acids is 3. The number of piperazine rings is 1. The van der Waals surface area contributed by atoms with Gasteiger partial charge in [0.1, 0.15) is 0 Å². The summed E-state index contributed by atoms with van der Waals surface area (Å²) in [4.78, 5) is 42.6. The van der Waals surface area contributed by atoms with Crippen molar-refractivity contribution < 1.29 is 14.4 Å². The number of carbonyl (C=O) groups is 3. The van der Waals surface area contributed by atoms with Crippen LogP contribution >= 0.6 is 22.6 Å². The second-order valence-corrected chi connectivity index (χ2v) is 8.64. The molecule has 0 radical (unpaired) electrons. The lowest BCUT2D eigenvalue weighted by Crippen LogP contribution is -2.52. The first-order chi connectivity index (χ1) is 13.9. The highest BCUT2D eigenvalue weighted by molar-refractivity contribution is 14.1. The lowest BCUT2D eigenvalue weighted by Gasteiger charge is -2.38. The quantitative estimate of drug-likeness (QED) is 0.365. The average molecular weight is 503 g/mol. The van der Waals surface area contributed by atoms with Crippen molar-refractivity contribution in [1.82, 2.24) is 4.90 Å². The zero-order chi connectivity index (χ0) is 20.5. The van der Waals surface area contributed by atoms with Crippen molar-refractivity contribution in [3.8, 4) is 0 Å². The van der Waals surface area contributed by atoms with Crippen molar-refractivity contribution in [1.29, 1.82) is 0 Å². The molecule has 1 atom stereocenters. The molecule has 29 heavy (non-hydrogen) atoms. The summed E-state index contributed by atoms with van der Waals surface area (Å²) >= 11 is 2.20. The van der Waals surface area contributed by atoms with E-state index in [0.29, 0.717) is 11.3 Å². The van der Waals surface area contributed by atoms with Gasteiger partial charge in [0.15, 0.2) is 5.78 Å². The number of amides is 2. The Hall–Kier alpha value is -2.26. The second-order valence-electron chi connectivity index (χ2n) is 7.39. The standard InChI is InChI=1S/C22H22IN3O3/c1-15(27)16-2-6-18(7-3-16)24-10-12-25(13-11-24)20-14-21(28)26(22(20)29)19-8-4-17(23)5-9-19/h2-9,20H,10-14H2,1H3/t20-/m1/s1. The first-order valence-electron chi connectivity index (χ1n) is 9.66. The number of rotatable bonds is 4. The van der Waals surface area contributed by atoms with Crippen molar-refractivity contribution in [3.63, 3.8) is 0 Å². The lowest BCUT2D eigenvalue weighted by molar-refractivity contribution is -0.123. The van der Waals surface area contributed by atoms with Gasteiger partial charge in [-0.05, 0) is 78.0 Å². The van der Waals surface area contributed by atoms with Gasteiger partial charge >= 0.3 is 0 Å². The first-order valence-corrected chi connectivity index (χ1v) is 10.7. The van der Waals surface area contributed by atoms with E-state index in [1.165, 1.54) is 4.90 Å². The van der Waals surface area contributed by atoms with Crippen LogP contribution in [0, 0.1) is 3.57 Å². The third kappa shape index (κ3) is 4.06. The molecule has 4 rings (SSSR count). The molecule has 0 spiro atoms. The van der Waals surface area contributed by atoms with Gasteiger partial charge in [0.2, 0.25) is 5.91 Å². The summed E-state index contributed by atoms with van der Waals surface area (Å²) in [5, 5.41) is 0. The normalized spacial score (nSPS) is 20.4. The van der Waals surface area contributed by atoms with Crippen LogP contribution in [0.2, 0.25) is 0 Å². The number of benzene rings is 2. The van der Waals surface area contributed by atoms with E-state index in [1.807, 2.05) is 48.5 Å². The van der Waals surface area contributed by atoms with E-state index >= 15 is 0 Å². The Bertz CT molecular complexity index is 935. The van der Waals surface area contributed by atoms with E-state index in [9.17, 15) is 14.4 Å². The third-order valence-electron chi connectivity index (χ3n) is 5.60. The largest absolute Gasteiger partial charge is 0.369 e. The summed E-state index contributed by atoms with van der Waals surface area (Å²) in [6, 6.07) is 14.7. The van der Waals surface area contributed by atoms with Gasteiger partial charge in [0, 0.05) is 41.0 Å². The summed E-state index contributed by atoms with van der Waals surface area (Å²) in [6.45, 7) is 4.56. The summed E-state index contributed by atoms with van der Waals surface area (Å²) in [5.41, 5.74) is 2.43. The molecular formula is C22H22IN3O3. The molecule has 7 heteroatoms. The molecule has 2 aromatic rings. The van der Waals surface area contributed by atoms with Crippen LogP contribution in [-0.2, 0) is 9.59 Å². The molecule has 0 bridgehead atoms. The number of Topliss-reactive ketones (excluding diaryl/α,β-unsaturated/α-hetero) is 1. The van der Waals surface area contributed by atoms with Crippen molar-refractivity contribution in [2.45, 2.75) is 19.4 Å². The van der Waals surface area contributed by atoms with Crippen LogP contribution < -0.4 is 9.80 Å². The maximum Gasteiger partial charge on any atom is 0.251 e. The highest BCUT2D eigenvalue weighted by Gasteiger charge is 2.43. The van der Waals surface area contributed by atoms with Crippen LogP contribution in [0.5, 0.6) is 0 Å². The molecule has 150 valence electrons. The number of halogens is 1. The fourth-order valence-corrected chi connectivity index (χ4v) is 4.32. The topological polar surface area (TPSA) is 60.9 Å². The Labute approximate surface area is 183 Å². The van der Waals surface area contributed by atoms with Gasteiger partial charge in [-0.25, -0.2) is 4.90 Å². The summed E-state index contributed by atoms with van der Waals surface area (Å²) < 4.78 is 1.06. The Kier molecular flexibility index (Phi) is 5.69. The SMILES string of the molecule is CC(=O)c1ccc(N2CCN([C@@H]3CC(=O)N(c4ccc(I)cc4)C3=O)CC2)cc1. The maximum atomic E-state index is 13.0. The predicted octanol–water partition coefficient (Wildman–Crippen LogP) is 2.95. The predicted molar refractivity (Wildman–Crippen MR) is 120 cm³/mol. The van der Waals surface area contributed by atoms with E-state index in [2.05, 4.69) is 32.4 Å². The molecule has 2 fully saturated rings. The summed E-state index contributed by atoms with van der Waals surface area (Å²) in [5.74, 6) is -0.206. The van der Waals surface area contributed by atoms with Crippen molar-refractivity contribution >= 4 is 51.6 Å². The van der Waals surface area contributed by atoms with Crippen molar-refractivity contribution in [3.05, 3.63) is 57.7 Å². The molecule has 2 saturated heterocycles. The highest BCUT2D eigenvalue weighted by atomic mass is 127. The van der Waals surface area contributed by atoms with Gasteiger partial charge in [-0.2, -0.15) is 0 Å². The number of imide groups is 1. The smallest absolute Gasteiger partial charge is 0.251 e. The number of hydrogen-bond acceptors (Lipinski definition) is 5. The molecule has 0 aromatic heterocycles. The van der Waals surface area contributed by atoms with Gasteiger partial charge in [-0.3, -0.25) is 19.3 Å². The Morgan fingerprint density at radius 2 is 1.48 bits per heavy atom. The van der Waals surface area contributed by atoms with Gasteiger partial charge in [-0.1, -0.05) is 0 Å². The molecule has 2 amide bonds. The average Bonchev–Trinajstić information content (AvgIpc) is 3.03. The Morgan fingerprint density at radius 1 is 0.897 bits per heavy atom. The van der Waals surface area contributed by atoms with Crippen LogP contribution in [0.1, 0.15) is 23.7 Å². The van der Waals surface area contributed by atoms with Gasteiger partial charge in [0.05, 0.1) is 18.2 Å². The van der Waals surface area contributed by atoms with Crippen LogP contribution in [0.25, 0.3) is 0 Å². The Morgan fingerprint density at radius 3 is 2.07 bits per heavy atom. The molecule has 0 aliphatic carbocycles. The van der Waals surface area contributed by atoms with Crippen LogP contribution in [-0.4, -0.2) is 54.7 Å². The molecule has 2 aromatic carbocycles. The van der Waals surface area contributed by atoms with Crippen molar-refractivity contribution in [2.24, 2.45) is 0 Å². The highest BCUT2D eigenvalue weighted by Crippen LogP contribution is 2.27. The second kappa shape index (κ2) is 8.23. The number of nitrogens with zero attached hydrogens (tertiary/aromatic N) is 3. The third-order valence-corrected chi connectivity index (χ3v) is 6.32. The molecule has 2 aliphatic heterocycles. The molecule has 2 heterocycles. The molecule has 2 aliphatic rings. The fourth-order valence-electron chi connectivity index (χ4n) is 3.96. The van der Waals surface area contributed by atoms with E-state index in [0.717, 1.165) is 35.4 Å². The molecular weight excluding hydrogens is 481 g/mol. The van der Waals surface area contributed by atoms with E-state index in [1.54, 1.807) is 6.92 Å². The lowest BCUT2D eigenvalue weighted by atomic mass is 10.1. The molecule has 0 unspecified atom stereocenters. The van der Waals surface area contributed by atoms with Crippen LogP contribution in [0.15, 0.2) is 48.5 Å². The first kappa shape index (κ1) is 20.0. The van der Waals surface area contributed by atoms with E-state index in [4.69, 9.17) is 0 Å². The number of ketones is 1. The van der Waals surface area contributed by atoms with Crippen LogP contribution in [0.4, 0.5) is 11.4 Å². The number of hydrogen-bond donors (Lipinski definition) is 0. The summed E-state index contributed by atoms with van der Waals surface area (Å²) in [7, 11) is 0. The van der Waals surface area contributed by atoms with Crippen LogP contribution in [0.3, 0.4) is 0 Å². The monoisotopic (exact) mass is 503 g/mol. The minimum absolute atomic E-state index is 0.0588.